The Bertz CT molecular complexity index is 217. The normalized spacial score (nSPS) is 33.1. The first-order valence-electron chi connectivity index (χ1n) is 6.43. The molecule has 2 heterocycles. The molecule has 15 heavy (non-hydrogen) atoms. The molecule has 2 nitrogen and oxygen atoms in total. The molecule has 0 aromatic rings. The van der Waals surface area contributed by atoms with Crippen LogP contribution in [0.1, 0.15) is 32.6 Å². The van der Waals surface area contributed by atoms with Crippen molar-refractivity contribution in [2.75, 3.05) is 32.7 Å². The molecule has 0 bridgehead atoms. The summed E-state index contributed by atoms with van der Waals surface area (Å²) >= 11 is 0. The van der Waals surface area contributed by atoms with Crippen molar-refractivity contribution in [2.24, 2.45) is 5.41 Å². The van der Waals surface area contributed by atoms with E-state index in [1.165, 1.54) is 58.4 Å². The lowest BCUT2D eigenvalue weighted by Crippen LogP contribution is -2.48. The second kappa shape index (κ2) is 5.13. The zero-order chi connectivity index (χ0) is 10.6. The van der Waals surface area contributed by atoms with Gasteiger partial charge in [-0.2, -0.15) is 0 Å². The van der Waals surface area contributed by atoms with Crippen LogP contribution in [0.4, 0.5) is 0 Å². The van der Waals surface area contributed by atoms with Gasteiger partial charge in [0, 0.05) is 26.2 Å². The van der Waals surface area contributed by atoms with Gasteiger partial charge in [-0.25, -0.2) is 0 Å². The molecule has 0 spiro atoms. The fraction of sp³-hybridized carbons (Fsp3) is 0.846. The van der Waals surface area contributed by atoms with Crippen LogP contribution in [0, 0.1) is 5.41 Å². The summed E-state index contributed by atoms with van der Waals surface area (Å²) in [5.41, 5.74) is 0.559. The molecular weight excluding hydrogens is 184 g/mol. The van der Waals surface area contributed by atoms with E-state index in [1.807, 2.05) is 0 Å². The third kappa shape index (κ3) is 2.82. The molecule has 0 amide bonds. The Morgan fingerprint density at radius 3 is 2.93 bits per heavy atom. The minimum absolute atomic E-state index is 0.559. The van der Waals surface area contributed by atoms with Crippen molar-refractivity contribution in [1.82, 2.24) is 10.2 Å². The highest BCUT2D eigenvalue weighted by Crippen LogP contribution is 2.31. The molecule has 2 heteroatoms. The summed E-state index contributed by atoms with van der Waals surface area (Å²) in [6, 6.07) is 0. The molecule has 0 saturated carbocycles. The van der Waals surface area contributed by atoms with Gasteiger partial charge in [0.1, 0.15) is 0 Å². The van der Waals surface area contributed by atoms with Crippen LogP contribution in [0.15, 0.2) is 12.2 Å². The second-order valence-corrected chi connectivity index (χ2v) is 5.13. The van der Waals surface area contributed by atoms with Gasteiger partial charge in [-0.3, -0.25) is 4.90 Å². The maximum absolute atomic E-state index is 3.57. The molecule has 2 aliphatic rings. The van der Waals surface area contributed by atoms with Gasteiger partial charge in [-0.05, 0) is 37.6 Å². The Labute approximate surface area is 93.7 Å². The van der Waals surface area contributed by atoms with Crippen molar-refractivity contribution in [3.8, 4) is 0 Å². The molecule has 86 valence electrons. The molecule has 1 N–H and O–H groups in total. The van der Waals surface area contributed by atoms with Crippen molar-refractivity contribution >= 4 is 0 Å². The molecule has 0 aliphatic carbocycles. The van der Waals surface area contributed by atoms with Crippen LogP contribution in [0.25, 0.3) is 0 Å². The lowest BCUT2D eigenvalue weighted by Gasteiger charge is -2.41. The van der Waals surface area contributed by atoms with Crippen LogP contribution in [0.2, 0.25) is 0 Å². The summed E-state index contributed by atoms with van der Waals surface area (Å²) in [5.74, 6) is 0. The van der Waals surface area contributed by atoms with Crippen molar-refractivity contribution in [1.29, 1.82) is 0 Å². The highest BCUT2D eigenvalue weighted by atomic mass is 15.1. The maximum Gasteiger partial charge on any atom is 0.0163 e. The van der Waals surface area contributed by atoms with E-state index in [2.05, 4.69) is 29.3 Å². The monoisotopic (exact) mass is 208 g/mol. The van der Waals surface area contributed by atoms with Gasteiger partial charge >= 0.3 is 0 Å². The van der Waals surface area contributed by atoms with Crippen LogP contribution < -0.4 is 5.32 Å². The van der Waals surface area contributed by atoms with Gasteiger partial charge in [-0.15, -0.1) is 0 Å². The van der Waals surface area contributed by atoms with Gasteiger partial charge in [0.2, 0.25) is 0 Å². The Hall–Kier alpha value is -0.340. The number of nitrogens with zero attached hydrogens (tertiary/aromatic N) is 1. The lowest BCUT2D eigenvalue weighted by atomic mass is 9.77. The molecule has 2 aliphatic heterocycles. The minimum Gasteiger partial charge on any atom is -0.316 e. The molecule has 0 aromatic heterocycles. The largest absolute Gasteiger partial charge is 0.316 e. The standard InChI is InChI=1S/C13H24N2/c1-2-13(7-6-8-14-11-13)12-15-9-4-3-5-10-15/h3-4,14H,2,5-12H2,1H3. The Balaban J connectivity index is 1.91. The van der Waals surface area contributed by atoms with Gasteiger partial charge in [0.25, 0.3) is 0 Å². The van der Waals surface area contributed by atoms with Crippen LogP contribution in [0.5, 0.6) is 0 Å². The first kappa shape index (κ1) is 11.2. The highest BCUT2D eigenvalue weighted by Gasteiger charge is 2.31. The average Bonchev–Trinajstić information content (AvgIpc) is 2.32. The third-order valence-corrected chi connectivity index (χ3v) is 4.01. The summed E-state index contributed by atoms with van der Waals surface area (Å²) in [7, 11) is 0. The van der Waals surface area contributed by atoms with Crippen molar-refractivity contribution in [3.63, 3.8) is 0 Å². The van der Waals surface area contributed by atoms with Crippen molar-refractivity contribution in [3.05, 3.63) is 12.2 Å². The first-order chi connectivity index (χ1) is 7.35. The number of hydrogen-bond donors (Lipinski definition) is 1. The maximum atomic E-state index is 3.57. The van der Waals surface area contributed by atoms with Gasteiger partial charge in [0.05, 0.1) is 0 Å². The van der Waals surface area contributed by atoms with Crippen LogP contribution in [-0.4, -0.2) is 37.6 Å². The highest BCUT2D eigenvalue weighted by molar-refractivity contribution is 4.94. The smallest absolute Gasteiger partial charge is 0.0163 e. The number of piperidine rings is 1. The summed E-state index contributed by atoms with van der Waals surface area (Å²) in [6.45, 7) is 8.53. The van der Waals surface area contributed by atoms with E-state index in [0.29, 0.717) is 5.41 Å². The van der Waals surface area contributed by atoms with E-state index in [4.69, 9.17) is 0 Å². The van der Waals surface area contributed by atoms with E-state index in [1.54, 1.807) is 0 Å². The molecule has 1 unspecified atom stereocenters. The third-order valence-electron chi connectivity index (χ3n) is 4.01. The molecule has 2 rings (SSSR count). The lowest BCUT2D eigenvalue weighted by molar-refractivity contribution is 0.118. The quantitative estimate of drug-likeness (QED) is 0.714. The Morgan fingerprint density at radius 2 is 2.33 bits per heavy atom. The summed E-state index contributed by atoms with van der Waals surface area (Å²) in [5, 5.41) is 3.57. The van der Waals surface area contributed by atoms with E-state index in [-0.39, 0.29) is 0 Å². The van der Waals surface area contributed by atoms with Gasteiger partial charge < -0.3 is 5.32 Å². The zero-order valence-electron chi connectivity index (χ0n) is 9.97. The van der Waals surface area contributed by atoms with E-state index in [0.717, 1.165) is 0 Å². The van der Waals surface area contributed by atoms with Gasteiger partial charge in [-0.1, -0.05) is 19.1 Å². The van der Waals surface area contributed by atoms with Crippen molar-refractivity contribution in [2.45, 2.75) is 32.6 Å². The van der Waals surface area contributed by atoms with Crippen LogP contribution in [0.3, 0.4) is 0 Å². The number of nitrogens with one attached hydrogen (secondary N) is 1. The Morgan fingerprint density at radius 1 is 1.40 bits per heavy atom. The summed E-state index contributed by atoms with van der Waals surface area (Å²) in [6.07, 6.45) is 9.97. The number of hydrogen-bond acceptors (Lipinski definition) is 2. The predicted octanol–water partition coefficient (Wildman–Crippen LogP) is 2.03. The van der Waals surface area contributed by atoms with Crippen LogP contribution in [-0.2, 0) is 0 Å². The van der Waals surface area contributed by atoms with E-state index >= 15 is 0 Å². The number of rotatable bonds is 3. The predicted molar refractivity (Wildman–Crippen MR) is 65.0 cm³/mol. The molecule has 1 saturated heterocycles. The molecule has 0 aromatic carbocycles. The fourth-order valence-electron chi connectivity index (χ4n) is 2.89. The van der Waals surface area contributed by atoms with E-state index < -0.39 is 0 Å². The second-order valence-electron chi connectivity index (χ2n) is 5.13. The molecule has 0 radical (unpaired) electrons. The minimum atomic E-state index is 0.559. The van der Waals surface area contributed by atoms with Crippen molar-refractivity contribution < 1.29 is 0 Å². The molecule has 1 fully saturated rings. The molecule has 1 atom stereocenters. The van der Waals surface area contributed by atoms with Crippen LogP contribution >= 0.6 is 0 Å². The SMILES string of the molecule is CCC1(CN2CC=CCC2)CCCNC1. The summed E-state index contributed by atoms with van der Waals surface area (Å²) in [4.78, 5) is 2.62. The fourth-order valence-corrected chi connectivity index (χ4v) is 2.89. The molecular formula is C13H24N2. The first-order valence-corrected chi connectivity index (χ1v) is 6.43. The summed E-state index contributed by atoms with van der Waals surface area (Å²) < 4.78 is 0. The average molecular weight is 208 g/mol. The topological polar surface area (TPSA) is 15.3 Å². The van der Waals surface area contributed by atoms with Gasteiger partial charge in [0.15, 0.2) is 0 Å². The Kier molecular flexibility index (Phi) is 3.81. The van der Waals surface area contributed by atoms with E-state index in [9.17, 15) is 0 Å². The zero-order valence-corrected chi connectivity index (χ0v) is 9.97.